The minimum Gasteiger partial charge on any atom is -0.462 e. The topological polar surface area (TPSA) is 72.8 Å². The summed E-state index contributed by atoms with van der Waals surface area (Å²) in [5.74, 6) is -0.572. The summed E-state index contributed by atoms with van der Waals surface area (Å²) in [5.41, 5.74) is 0. The van der Waals surface area contributed by atoms with E-state index in [-0.39, 0.29) is 25.2 Å². The van der Waals surface area contributed by atoms with Gasteiger partial charge in [-0.1, -0.05) is 226 Å². The van der Waals surface area contributed by atoms with E-state index in [9.17, 15) is 14.7 Å². The van der Waals surface area contributed by atoms with Gasteiger partial charge in [0.1, 0.15) is 6.61 Å². The molecule has 1 unspecified atom stereocenters. The van der Waals surface area contributed by atoms with Gasteiger partial charge in [-0.15, -0.1) is 0 Å². The van der Waals surface area contributed by atoms with E-state index < -0.39 is 6.10 Å². The van der Waals surface area contributed by atoms with Gasteiger partial charge >= 0.3 is 11.9 Å². The van der Waals surface area contributed by atoms with E-state index in [1.54, 1.807) is 0 Å². The van der Waals surface area contributed by atoms with Crippen LogP contribution in [0, 0.1) is 0 Å². The van der Waals surface area contributed by atoms with E-state index in [4.69, 9.17) is 9.47 Å². The summed E-state index contributed by atoms with van der Waals surface area (Å²) in [6.07, 6.45) is 46.1. The number of aliphatic hydroxyl groups is 1. The van der Waals surface area contributed by atoms with Crippen LogP contribution >= 0.6 is 0 Å². The van der Waals surface area contributed by atoms with Gasteiger partial charge < -0.3 is 14.6 Å². The van der Waals surface area contributed by atoms with Crippen LogP contribution in [-0.2, 0) is 19.1 Å². The van der Waals surface area contributed by atoms with Gasteiger partial charge in [-0.25, -0.2) is 0 Å². The molecule has 0 bridgehead atoms. The number of carbonyl (C=O) groups excluding carboxylic acids is 2. The maximum Gasteiger partial charge on any atom is 0.306 e. The number of esters is 2. The third-order valence-corrected chi connectivity index (χ3v) is 10.2. The Labute approximate surface area is 306 Å². The number of hydrogen-bond acceptors (Lipinski definition) is 5. The van der Waals surface area contributed by atoms with E-state index in [0.29, 0.717) is 12.8 Å². The molecule has 49 heavy (non-hydrogen) atoms. The van der Waals surface area contributed by atoms with Gasteiger partial charge in [0, 0.05) is 12.8 Å². The van der Waals surface area contributed by atoms with Crippen LogP contribution in [0.25, 0.3) is 0 Å². The van der Waals surface area contributed by atoms with Gasteiger partial charge in [-0.3, -0.25) is 9.59 Å². The molecule has 0 aromatic heterocycles. The normalized spacial score (nSPS) is 12.0. The van der Waals surface area contributed by atoms with Crippen molar-refractivity contribution in [3.8, 4) is 0 Å². The van der Waals surface area contributed by atoms with Crippen LogP contribution in [0.5, 0.6) is 0 Å². The molecule has 0 aromatic rings. The second-order valence-electron chi connectivity index (χ2n) is 15.1. The average Bonchev–Trinajstić information content (AvgIpc) is 3.10. The predicted molar refractivity (Wildman–Crippen MR) is 210 cm³/mol. The Balaban J connectivity index is 3.45. The molecule has 5 heteroatoms. The monoisotopic (exact) mass is 695 g/mol. The van der Waals surface area contributed by atoms with Crippen molar-refractivity contribution in [2.45, 2.75) is 258 Å². The van der Waals surface area contributed by atoms with E-state index >= 15 is 0 Å². The Bertz CT molecular complexity index is 666. The zero-order valence-corrected chi connectivity index (χ0v) is 33.2. The summed E-state index contributed by atoms with van der Waals surface area (Å²) in [6, 6.07) is 0. The highest BCUT2D eigenvalue weighted by Gasteiger charge is 2.16. The van der Waals surface area contributed by atoms with E-state index in [1.807, 2.05) is 0 Å². The maximum atomic E-state index is 12.2. The fourth-order valence-corrected chi connectivity index (χ4v) is 6.79. The molecule has 0 aromatic carbocycles. The predicted octanol–water partition coefficient (Wildman–Crippen LogP) is 13.9. The lowest BCUT2D eigenvalue weighted by Crippen LogP contribution is -2.28. The first-order valence-electron chi connectivity index (χ1n) is 22.1. The molecular formula is C44H86O5. The van der Waals surface area contributed by atoms with Gasteiger partial charge in [-0.05, 0) is 12.8 Å². The molecule has 0 spiro atoms. The lowest BCUT2D eigenvalue weighted by atomic mass is 10.0. The van der Waals surface area contributed by atoms with Crippen LogP contribution in [0.15, 0.2) is 0 Å². The molecule has 0 saturated carbocycles. The lowest BCUT2D eigenvalue weighted by molar-refractivity contribution is -0.161. The van der Waals surface area contributed by atoms with Crippen molar-refractivity contribution in [1.82, 2.24) is 0 Å². The molecule has 292 valence electrons. The average molecular weight is 695 g/mol. The Kier molecular flexibility index (Phi) is 40.4. The number of aliphatic hydroxyl groups excluding tert-OH is 1. The van der Waals surface area contributed by atoms with Crippen LogP contribution in [0.4, 0.5) is 0 Å². The third-order valence-electron chi connectivity index (χ3n) is 10.2. The number of rotatable bonds is 41. The molecule has 0 aliphatic heterocycles. The molecule has 0 aliphatic rings. The summed E-state index contributed by atoms with van der Waals surface area (Å²) in [6.45, 7) is 4.18. The highest BCUT2D eigenvalue weighted by molar-refractivity contribution is 5.70. The van der Waals surface area contributed by atoms with Crippen molar-refractivity contribution in [2.24, 2.45) is 0 Å². The van der Waals surface area contributed by atoms with Crippen molar-refractivity contribution < 1.29 is 24.2 Å². The molecule has 0 radical (unpaired) electrons. The SMILES string of the molecule is CCCCCCCCCCCCCCCCCCCCCCCC(=O)OC(CO)COC(=O)CCCCCCCCCCCCCCCC. The molecule has 5 nitrogen and oxygen atoms in total. The second-order valence-corrected chi connectivity index (χ2v) is 15.1. The van der Waals surface area contributed by atoms with Crippen LogP contribution in [0.1, 0.15) is 251 Å². The summed E-state index contributed by atoms with van der Waals surface area (Å²) in [4.78, 5) is 24.3. The third kappa shape index (κ3) is 39.5. The van der Waals surface area contributed by atoms with Gasteiger partial charge in [0.2, 0.25) is 0 Å². The number of hydrogen-bond donors (Lipinski definition) is 1. The largest absolute Gasteiger partial charge is 0.462 e. The van der Waals surface area contributed by atoms with Crippen molar-refractivity contribution in [3.63, 3.8) is 0 Å². The fourth-order valence-electron chi connectivity index (χ4n) is 6.79. The molecule has 0 rings (SSSR count). The molecule has 0 amide bonds. The van der Waals surface area contributed by atoms with Crippen LogP contribution < -0.4 is 0 Å². The molecule has 0 saturated heterocycles. The molecule has 0 fully saturated rings. The summed E-state index contributed by atoms with van der Waals surface area (Å²) < 4.78 is 10.6. The second kappa shape index (κ2) is 41.3. The van der Waals surface area contributed by atoms with Crippen molar-refractivity contribution in [3.05, 3.63) is 0 Å². The zero-order valence-electron chi connectivity index (χ0n) is 33.2. The van der Waals surface area contributed by atoms with Gasteiger partial charge in [0.15, 0.2) is 6.10 Å². The Morgan fingerprint density at radius 3 is 0.898 bits per heavy atom. The fraction of sp³-hybridized carbons (Fsp3) is 0.955. The molecule has 1 N–H and O–H groups in total. The van der Waals surface area contributed by atoms with Crippen LogP contribution in [-0.4, -0.2) is 36.4 Å². The van der Waals surface area contributed by atoms with Crippen LogP contribution in [0.3, 0.4) is 0 Å². The molecule has 0 heterocycles. The van der Waals surface area contributed by atoms with Crippen LogP contribution in [0.2, 0.25) is 0 Å². The maximum absolute atomic E-state index is 12.2. The van der Waals surface area contributed by atoms with E-state index in [0.717, 1.165) is 32.1 Å². The first-order valence-corrected chi connectivity index (χ1v) is 22.1. The summed E-state index contributed by atoms with van der Waals surface area (Å²) in [5, 5.41) is 9.57. The highest BCUT2D eigenvalue weighted by Crippen LogP contribution is 2.16. The number of ether oxygens (including phenoxy) is 2. The van der Waals surface area contributed by atoms with Crippen molar-refractivity contribution in [1.29, 1.82) is 0 Å². The number of unbranched alkanes of at least 4 members (excludes halogenated alkanes) is 33. The first-order chi connectivity index (χ1) is 24.1. The van der Waals surface area contributed by atoms with Gasteiger partial charge in [-0.2, -0.15) is 0 Å². The summed E-state index contributed by atoms with van der Waals surface area (Å²) in [7, 11) is 0. The molecular weight excluding hydrogens is 608 g/mol. The van der Waals surface area contributed by atoms with Gasteiger partial charge in [0.05, 0.1) is 6.61 Å². The first kappa shape index (κ1) is 47.9. The van der Waals surface area contributed by atoms with Crippen molar-refractivity contribution in [2.75, 3.05) is 13.2 Å². The molecule has 0 aliphatic carbocycles. The smallest absolute Gasteiger partial charge is 0.306 e. The highest BCUT2D eigenvalue weighted by atomic mass is 16.6. The van der Waals surface area contributed by atoms with Crippen molar-refractivity contribution >= 4 is 11.9 Å². The van der Waals surface area contributed by atoms with E-state index in [2.05, 4.69) is 13.8 Å². The number of carbonyl (C=O) groups is 2. The minimum atomic E-state index is -0.761. The summed E-state index contributed by atoms with van der Waals surface area (Å²) >= 11 is 0. The standard InChI is InChI=1S/C44H86O5/c1-3-5-7-9-11-13-15-17-19-20-21-22-23-24-25-27-29-31-33-35-37-39-44(47)49-42(40-45)41-48-43(46)38-36-34-32-30-28-26-18-16-14-12-10-8-6-4-2/h42,45H,3-41H2,1-2H3. The Morgan fingerprint density at radius 2 is 0.633 bits per heavy atom. The van der Waals surface area contributed by atoms with E-state index in [1.165, 1.54) is 193 Å². The Morgan fingerprint density at radius 1 is 0.388 bits per heavy atom. The zero-order chi connectivity index (χ0) is 35.7. The Hall–Kier alpha value is -1.10. The van der Waals surface area contributed by atoms with Gasteiger partial charge in [0.25, 0.3) is 0 Å². The molecule has 1 atom stereocenters. The minimum absolute atomic E-state index is 0.0566. The quantitative estimate of drug-likeness (QED) is 0.0509. The lowest BCUT2D eigenvalue weighted by Gasteiger charge is -2.15.